The molecule has 0 amide bonds. The van der Waals surface area contributed by atoms with E-state index in [1.165, 1.54) is 11.1 Å². The summed E-state index contributed by atoms with van der Waals surface area (Å²) in [6.45, 7) is 2.73. The second-order valence-electron chi connectivity index (χ2n) is 2.95. The van der Waals surface area contributed by atoms with Crippen LogP contribution < -0.4 is 4.74 Å². The third-order valence-corrected chi connectivity index (χ3v) is 2.73. The van der Waals surface area contributed by atoms with E-state index in [9.17, 15) is 0 Å². The van der Waals surface area contributed by atoms with Crippen LogP contribution in [0.25, 0.3) is 11.1 Å². The molecule has 1 aromatic carbocycles. The van der Waals surface area contributed by atoms with Crippen molar-refractivity contribution in [1.82, 2.24) is 0 Å². The van der Waals surface area contributed by atoms with Crippen LogP contribution in [0.15, 0.2) is 41.1 Å². The maximum Gasteiger partial charge on any atom is 0.137 e. The molecular weight excluding hydrogens is 192 g/mol. The van der Waals surface area contributed by atoms with Crippen molar-refractivity contribution < 1.29 is 4.74 Å². The van der Waals surface area contributed by atoms with Gasteiger partial charge in [-0.05, 0) is 12.5 Å². The Morgan fingerprint density at radius 2 is 1.93 bits per heavy atom. The summed E-state index contributed by atoms with van der Waals surface area (Å²) >= 11 is 1.68. The van der Waals surface area contributed by atoms with Crippen molar-refractivity contribution in [3.05, 3.63) is 41.1 Å². The van der Waals surface area contributed by atoms with E-state index in [2.05, 4.69) is 17.5 Å². The van der Waals surface area contributed by atoms with Crippen molar-refractivity contribution in [2.24, 2.45) is 0 Å². The predicted octanol–water partition coefficient (Wildman–Crippen LogP) is 3.81. The minimum atomic E-state index is 0.719. The molecule has 0 spiro atoms. The lowest BCUT2D eigenvalue weighted by Gasteiger charge is -2.04. The Hall–Kier alpha value is -1.28. The summed E-state index contributed by atoms with van der Waals surface area (Å²) in [6.07, 6.45) is 0. The fourth-order valence-electron chi connectivity index (χ4n) is 1.38. The molecule has 1 heterocycles. The van der Waals surface area contributed by atoms with E-state index in [0.29, 0.717) is 0 Å². The third-order valence-electron chi connectivity index (χ3n) is 2.01. The van der Waals surface area contributed by atoms with Crippen LogP contribution >= 0.6 is 11.3 Å². The van der Waals surface area contributed by atoms with E-state index in [1.54, 1.807) is 11.3 Å². The fourth-order valence-corrected chi connectivity index (χ4v) is 2.16. The lowest BCUT2D eigenvalue weighted by Crippen LogP contribution is -1.90. The second kappa shape index (κ2) is 4.29. The predicted molar refractivity (Wildman–Crippen MR) is 60.9 cm³/mol. The highest BCUT2D eigenvalue weighted by molar-refractivity contribution is 7.08. The smallest absolute Gasteiger partial charge is 0.137 e. The molecule has 0 saturated carbocycles. The Labute approximate surface area is 88.0 Å². The number of thiophene rings is 1. The van der Waals surface area contributed by atoms with Gasteiger partial charge >= 0.3 is 0 Å². The second-order valence-corrected chi connectivity index (χ2v) is 3.69. The molecule has 2 aromatic rings. The van der Waals surface area contributed by atoms with E-state index in [-0.39, 0.29) is 0 Å². The molecule has 2 rings (SSSR count). The molecule has 1 nitrogen and oxygen atoms in total. The Kier molecular flexibility index (Phi) is 2.84. The first-order valence-corrected chi connectivity index (χ1v) is 5.60. The zero-order valence-corrected chi connectivity index (χ0v) is 8.88. The average molecular weight is 204 g/mol. The van der Waals surface area contributed by atoms with Crippen LogP contribution in [0, 0.1) is 0 Å². The average Bonchev–Trinajstić information content (AvgIpc) is 2.68. The molecule has 0 atom stereocenters. The number of rotatable bonds is 3. The number of benzene rings is 1. The monoisotopic (exact) mass is 204 g/mol. The van der Waals surface area contributed by atoms with Crippen LogP contribution in [0.3, 0.4) is 0 Å². The molecule has 72 valence electrons. The van der Waals surface area contributed by atoms with Crippen molar-refractivity contribution in [3.63, 3.8) is 0 Å². The summed E-state index contributed by atoms with van der Waals surface area (Å²) in [5, 5.41) is 4.17. The van der Waals surface area contributed by atoms with Gasteiger partial charge in [-0.1, -0.05) is 30.3 Å². The number of hydrogen-bond acceptors (Lipinski definition) is 2. The van der Waals surface area contributed by atoms with Gasteiger partial charge in [0, 0.05) is 16.3 Å². The van der Waals surface area contributed by atoms with Crippen molar-refractivity contribution in [1.29, 1.82) is 0 Å². The van der Waals surface area contributed by atoms with E-state index >= 15 is 0 Å². The largest absolute Gasteiger partial charge is 0.492 e. The SMILES string of the molecule is CCOc1cscc1-c1ccccc1. The maximum atomic E-state index is 5.54. The lowest BCUT2D eigenvalue weighted by molar-refractivity contribution is 0.343. The molecule has 0 bridgehead atoms. The maximum absolute atomic E-state index is 5.54. The van der Waals surface area contributed by atoms with E-state index in [1.807, 2.05) is 30.5 Å². The van der Waals surface area contributed by atoms with Gasteiger partial charge in [-0.25, -0.2) is 0 Å². The van der Waals surface area contributed by atoms with Gasteiger partial charge in [-0.3, -0.25) is 0 Å². The Morgan fingerprint density at radius 3 is 2.64 bits per heavy atom. The molecule has 0 saturated heterocycles. The molecule has 0 aliphatic carbocycles. The first-order valence-electron chi connectivity index (χ1n) is 4.66. The summed E-state index contributed by atoms with van der Waals surface area (Å²) in [7, 11) is 0. The highest BCUT2D eigenvalue weighted by Crippen LogP contribution is 2.33. The highest BCUT2D eigenvalue weighted by Gasteiger charge is 2.05. The normalized spacial score (nSPS) is 10.1. The first-order chi connectivity index (χ1) is 6.92. The Balaban J connectivity index is 2.37. The number of ether oxygens (including phenoxy) is 1. The van der Waals surface area contributed by atoms with E-state index in [4.69, 9.17) is 4.74 Å². The topological polar surface area (TPSA) is 9.23 Å². The van der Waals surface area contributed by atoms with Crippen molar-refractivity contribution in [2.75, 3.05) is 6.61 Å². The summed E-state index contributed by atoms with van der Waals surface area (Å²) in [5.41, 5.74) is 2.41. The molecule has 0 aliphatic heterocycles. The van der Waals surface area contributed by atoms with Gasteiger partial charge in [-0.2, -0.15) is 0 Å². The third kappa shape index (κ3) is 1.80. The molecule has 14 heavy (non-hydrogen) atoms. The minimum Gasteiger partial charge on any atom is -0.492 e. The van der Waals surface area contributed by atoms with E-state index in [0.717, 1.165) is 12.4 Å². The van der Waals surface area contributed by atoms with Crippen LogP contribution in [-0.2, 0) is 0 Å². The van der Waals surface area contributed by atoms with Gasteiger partial charge in [0.2, 0.25) is 0 Å². The van der Waals surface area contributed by atoms with Gasteiger partial charge in [0.05, 0.1) is 6.61 Å². The van der Waals surface area contributed by atoms with Crippen LogP contribution in [0.5, 0.6) is 5.75 Å². The molecule has 0 aliphatic rings. The van der Waals surface area contributed by atoms with Crippen LogP contribution in [-0.4, -0.2) is 6.61 Å². The molecular formula is C12H12OS. The first kappa shape index (κ1) is 9.28. The standard InChI is InChI=1S/C12H12OS/c1-2-13-12-9-14-8-11(12)10-6-4-3-5-7-10/h3-9H,2H2,1H3. The fraction of sp³-hybridized carbons (Fsp3) is 0.167. The molecule has 0 unspecified atom stereocenters. The van der Waals surface area contributed by atoms with Gasteiger partial charge < -0.3 is 4.74 Å². The van der Waals surface area contributed by atoms with Gasteiger partial charge in [-0.15, -0.1) is 11.3 Å². The van der Waals surface area contributed by atoms with Crippen LogP contribution in [0.1, 0.15) is 6.92 Å². The summed E-state index contributed by atoms with van der Waals surface area (Å²) < 4.78 is 5.54. The van der Waals surface area contributed by atoms with Crippen LogP contribution in [0.2, 0.25) is 0 Å². The zero-order chi connectivity index (χ0) is 9.80. The molecule has 0 fully saturated rings. The summed E-state index contributed by atoms with van der Waals surface area (Å²) in [4.78, 5) is 0. The molecule has 0 N–H and O–H groups in total. The van der Waals surface area contributed by atoms with Gasteiger partial charge in [0.15, 0.2) is 0 Å². The summed E-state index contributed by atoms with van der Waals surface area (Å²) in [6, 6.07) is 10.3. The zero-order valence-electron chi connectivity index (χ0n) is 8.07. The quantitative estimate of drug-likeness (QED) is 0.738. The van der Waals surface area contributed by atoms with Crippen molar-refractivity contribution >= 4 is 11.3 Å². The lowest BCUT2D eigenvalue weighted by atomic mass is 10.1. The van der Waals surface area contributed by atoms with Crippen molar-refractivity contribution in [2.45, 2.75) is 6.92 Å². The molecule has 2 heteroatoms. The Bertz CT molecular complexity index is 392. The van der Waals surface area contributed by atoms with Gasteiger partial charge in [0.1, 0.15) is 5.75 Å². The van der Waals surface area contributed by atoms with Crippen LogP contribution in [0.4, 0.5) is 0 Å². The van der Waals surface area contributed by atoms with Crippen molar-refractivity contribution in [3.8, 4) is 16.9 Å². The van der Waals surface area contributed by atoms with E-state index < -0.39 is 0 Å². The number of hydrogen-bond donors (Lipinski definition) is 0. The minimum absolute atomic E-state index is 0.719. The molecule has 0 radical (unpaired) electrons. The Morgan fingerprint density at radius 1 is 1.14 bits per heavy atom. The summed E-state index contributed by atoms with van der Waals surface area (Å²) in [5.74, 6) is 0.990. The molecule has 1 aromatic heterocycles. The van der Waals surface area contributed by atoms with Gasteiger partial charge in [0.25, 0.3) is 0 Å². The highest BCUT2D eigenvalue weighted by atomic mass is 32.1.